The van der Waals surface area contributed by atoms with Crippen LogP contribution in [-0.2, 0) is 19.1 Å². The first-order chi connectivity index (χ1) is 11.7. The van der Waals surface area contributed by atoms with Crippen LogP contribution in [-0.4, -0.2) is 48.7 Å². The van der Waals surface area contributed by atoms with Crippen molar-refractivity contribution in [2.24, 2.45) is 5.92 Å². The van der Waals surface area contributed by atoms with E-state index in [-0.39, 0.29) is 36.0 Å². The summed E-state index contributed by atoms with van der Waals surface area (Å²) in [5.74, 6) is 0.116. The first-order valence-electron chi connectivity index (χ1n) is 9.73. The highest BCUT2D eigenvalue weighted by Crippen LogP contribution is 2.30. The fourth-order valence-electron chi connectivity index (χ4n) is 4.53. The van der Waals surface area contributed by atoms with E-state index in [9.17, 15) is 9.59 Å². The van der Waals surface area contributed by atoms with Crippen molar-refractivity contribution in [3.63, 3.8) is 0 Å². The second-order valence-corrected chi connectivity index (χ2v) is 7.61. The number of hydrogen-bond donors (Lipinski definition) is 0. The Bertz CT molecular complexity index is 447. The lowest BCUT2D eigenvalue weighted by Crippen LogP contribution is -2.45. The lowest BCUT2D eigenvalue weighted by Gasteiger charge is -2.32. The quantitative estimate of drug-likeness (QED) is 0.740. The average molecular weight is 337 g/mol. The molecule has 2 aliphatic carbocycles. The normalized spacial score (nSPS) is 31.9. The summed E-state index contributed by atoms with van der Waals surface area (Å²) < 4.78 is 11.2. The molecule has 3 atom stereocenters. The van der Waals surface area contributed by atoms with Crippen LogP contribution < -0.4 is 0 Å². The molecule has 3 fully saturated rings. The van der Waals surface area contributed by atoms with Gasteiger partial charge in [0.05, 0.1) is 6.10 Å². The maximum Gasteiger partial charge on any atom is 0.329 e. The molecule has 1 saturated heterocycles. The molecule has 5 nitrogen and oxygen atoms in total. The maximum atomic E-state index is 12.8. The number of ether oxygens (including phenoxy) is 2. The van der Waals surface area contributed by atoms with Crippen molar-refractivity contribution in [1.82, 2.24) is 4.90 Å². The summed E-state index contributed by atoms with van der Waals surface area (Å²) in [4.78, 5) is 27.3. The van der Waals surface area contributed by atoms with E-state index in [0.29, 0.717) is 6.54 Å². The average Bonchev–Trinajstić information content (AvgIpc) is 3.12. The van der Waals surface area contributed by atoms with Gasteiger partial charge in [-0.1, -0.05) is 19.3 Å². The molecule has 3 aliphatic rings. The highest BCUT2D eigenvalue weighted by molar-refractivity contribution is 5.86. The van der Waals surface area contributed by atoms with Gasteiger partial charge in [-0.3, -0.25) is 4.79 Å². The van der Waals surface area contributed by atoms with E-state index in [4.69, 9.17) is 9.47 Å². The summed E-state index contributed by atoms with van der Waals surface area (Å²) in [6.45, 7) is 0.709. The van der Waals surface area contributed by atoms with Crippen LogP contribution in [0.2, 0.25) is 0 Å². The number of carbonyl (C=O) groups excluding carboxylic acids is 2. The molecule has 1 aliphatic heterocycles. The van der Waals surface area contributed by atoms with Crippen molar-refractivity contribution < 1.29 is 19.1 Å². The second kappa shape index (κ2) is 8.32. The minimum Gasteiger partial charge on any atom is -0.461 e. The number of likely N-dealkylation sites (tertiary alicyclic amines) is 1. The molecule has 0 aromatic carbocycles. The Morgan fingerprint density at radius 2 is 1.62 bits per heavy atom. The van der Waals surface area contributed by atoms with Crippen molar-refractivity contribution in [2.75, 3.05) is 13.7 Å². The van der Waals surface area contributed by atoms with Crippen LogP contribution in [0.5, 0.6) is 0 Å². The van der Waals surface area contributed by atoms with Gasteiger partial charge in [0.25, 0.3) is 0 Å². The first kappa shape index (κ1) is 17.7. The molecule has 0 unspecified atom stereocenters. The van der Waals surface area contributed by atoms with Gasteiger partial charge < -0.3 is 14.4 Å². The first-order valence-corrected chi connectivity index (χ1v) is 9.73. The molecule has 0 spiro atoms. The SMILES string of the molecule is CO[C@@H]1CCC[C@H](OC(=O)[C@H]2CCCN2C(=O)C2CCCCC2)C1. The number of nitrogens with zero attached hydrogens (tertiary/aromatic N) is 1. The highest BCUT2D eigenvalue weighted by atomic mass is 16.5. The fourth-order valence-corrected chi connectivity index (χ4v) is 4.53. The molecule has 24 heavy (non-hydrogen) atoms. The highest BCUT2D eigenvalue weighted by Gasteiger charge is 2.39. The van der Waals surface area contributed by atoms with Crippen LogP contribution in [0, 0.1) is 5.92 Å². The van der Waals surface area contributed by atoms with Gasteiger partial charge in [0.15, 0.2) is 0 Å². The molecule has 136 valence electrons. The summed E-state index contributed by atoms with van der Waals surface area (Å²) in [7, 11) is 1.72. The second-order valence-electron chi connectivity index (χ2n) is 7.61. The van der Waals surface area contributed by atoms with E-state index in [2.05, 4.69) is 0 Å². The fraction of sp³-hybridized carbons (Fsp3) is 0.895. The Morgan fingerprint density at radius 1 is 0.875 bits per heavy atom. The summed E-state index contributed by atoms with van der Waals surface area (Å²) in [5.41, 5.74) is 0. The molecular formula is C19H31NO4. The zero-order valence-corrected chi connectivity index (χ0v) is 14.9. The number of hydrogen-bond acceptors (Lipinski definition) is 4. The third-order valence-corrected chi connectivity index (χ3v) is 5.96. The molecule has 0 aromatic rings. The third-order valence-electron chi connectivity index (χ3n) is 5.96. The Hall–Kier alpha value is -1.10. The monoisotopic (exact) mass is 337 g/mol. The smallest absolute Gasteiger partial charge is 0.329 e. The molecule has 0 radical (unpaired) electrons. The van der Waals surface area contributed by atoms with Gasteiger partial charge in [0, 0.05) is 26.0 Å². The molecule has 1 heterocycles. The molecule has 0 N–H and O–H groups in total. The minimum absolute atomic E-state index is 0.0524. The third kappa shape index (κ3) is 4.11. The zero-order chi connectivity index (χ0) is 16.9. The van der Waals surface area contributed by atoms with Crippen molar-refractivity contribution in [3.8, 4) is 0 Å². The van der Waals surface area contributed by atoms with Crippen LogP contribution >= 0.6 is 0 Å². The van der Waals surface area contributed by atoms with Gasteiger partial charge in [-0.15, -0.1) is 0 Å². The number of amides is 1. The lowest BCUT2D eigenvalue weighted by atomic mass is 9.88. The van der Waals surface area contributed by atoms with Gasteiger partial charge in [-0.25, -0.2) is 4.79 Å². The van der Waals surface area contributed by atoms with Crippen molar-refractivity contribution in [1.29, 1.82) is 0 Å². The lowest BCUT2D eigenvalue weighted by molar-refractivity contribution is -0.162. The maximum absolute atomic E-state index is 12.8. The molecule has 3 rings (SSSR count). The van der Waals surface area contributed by atoms with E-state index in [1.807, 2.05) is 4.90 Å². The molecule has 0 aromatic heterocycles. The topological polar surface area (TPSA) is 55.8 Å². The predicted octanol–water partition coefficient (Wildman–Crippen LogP) is 3.06. The van der Waals surface area contributed by atoms with Crippen molar-refractivity contribution in [3.05, 3.63) is 0 Å². The summed E-state index contributed by atoms with van der Waals surface area (Å²) >= 11 is 0. The Balaban J connectivity index is 1.56. The van der Waals surface area contributed by atoms with Crippen LogP contribution in [0.4, 0.5) is 0 Å². The number of esters is 1. The van der Waals surface area contributed by atoms with Crippen LogP contribution in [0.3, 0.4) is 0 Å². The van der Waals surface area contributed by atoms with E-state index >= 15 is 0 Å². The zero-order valence-electron chi connectivity index (χ0n) is 14.9. The standard InChI is InChI=1S/C19H31NO4/c1-23-15-9-5-10-16(13-15)24-19(22)17-11-6-12-20(17)18(21)14-7-3-2-4-8-14/h14-17H,2-13H2,1H3/t15-,16+,17-/m1/s1. The van der Waals surface area contributed by atoms with Gasteiger partial charge in [-0.2, -0.15) is 0 Å². The van der Waals surface area contributed by atoms with Crippen LogP contribution in [0.1, 0.15) is 70.6 Å². The van der Waals surface area contributed by atoms with Gasteiger partial charge in [0.1, 0.15) is 12.1 Å². The summed E-state index contributed by atoms with van der Waals surface area (Å²) in [5, 5.41) is 0. The van der Waals surface area contributed by atoms with E-state index in [1.54, 1.807) is 7.11 Å². The van der Waals surface area contributed by atoms with Crippen LogP contribution in [0.15, 0.2) is 0 Å². The van der Waals surface area contributed by atoms with E-state index in [1.165, 1.54) is 6.42 Å². The van der Waals surface area contributed by atoms with E-state index < -0.39 is 0 Å². The molecule has 1 amide bonds. The molecule has 0 bridgehead atoms. The number of rotatable bonds is 4. The number of carbonyl (C=O) groups is 2. The largest absolute Gasteiger partial charge is 0.461 e. The molecule has 5 heteroatoms. The number of methoxy groups -OCH3 is 1. The summed E-state index contributed by atoms with van der Waals surface area (Å²) in [6, 6.07) is -0.359. The van der Waals surface area contributed by atoms with Crippen molar-refractivity contribution >= 4 is 11.9 Å². The predicted molar refractivity (Wildman–Crippen MR) is 90.5 cm³/mol. The Labute approximate surface area is 145 Å². The van der Waals surface area contributed by atoms with Crippen molar-refractivity contribution in [2.45, 2.75) is 88.9 Å². The molecular weight excluding hydrogens is 306 g/mol. The summed E-state index contributed by atoms with van der Waals surface area (Å²) in [6.07, 6.45) is 11.0. The van der Waals surface area contributed by atoms with E-state index in [0.717, 1.165) is 64.2 Å². The van der Waals surface area contributed by atoms with Gasteiger partial charge in [0.2, 0.25) is 5.91 Å². The Morgan fingerprint density at radius 3 is 2.38 bits per heavy atom. The minimum atomic E-state index is -0.359. The van der Waals surface area contributed by atoms with Crippen LogP contribution in [0.25, 0.3) is 0 Å². The molecule has 2 saturated carbocycles. The van der Waals surface area contributed by atoms with Gasteiger partial charge in [-0.05, 0) is 44.9 Å². The van der Waals surface area contributed by atoms with Gasteiger partial charge >= 0.3 is 5.97 Å². The Kier molecular flexibility index (Phi) is 6.14.